The van der Waals surface area contributed by atoms with Crippen molar-refractivity contribution in [2.24, 2.45) is 0 Å². The summed E-state index contributed by atoms with van der Waals surface area (Å²) in [6.07, 6.45) is 0. The van der Waals surface area contributed by atoms with Gasteiger partial charge in [-0.2, -0.15) is 0 Å². The van der Waals surface area contributed by atoms with E-state index in [0.29, 0.717) is 33.5 Å². The maximum absolute atomic E-state index is 13.4. The van der Waals surface area contributed by atoms with E-state index < -0.39 is 11.8 Å². The number of anilines is 1. The zero-order valence-electron chi connectivity index (χ0n) is 20.1. The largest absolute Gasteiger partial charge is 0.455 e. The summed E-state index contributed by atoms with van der Waals surface area (Å²) in [5.41, 5.74) is 3.21. The molecular weight excluding hydrogens is 468 g/mol. The summed E-state index contributed by atoms with van der Waals surface area (Å²) in [7, 11) is 0. The topological polar surface area (TPSA) is 114 Å². The van der Waals surface area contributed by atoms with Crippen LogP contribution in [0.3, 0.4) is 0 Å². The summed E-state index contributed by atoms with van der Waals surface area (Å²) in [5.74, 6) is -0.243. The molecule has 2 N–H and O–H groups in total. The van der Waals surface area contributed by atoms with Crippen LogP contribution in [0.4, 0.5) is 5.69 Å². The van der Waals surface area contributed by atoms with Gasteiger partial charge in [-0.25, -0.2) is 9.78 Å². The predicted molar refractivity (Wildman–Crippen MR) is 135 cm³/mol. The van der Waals surface area contributed by atoms with Gasteiger partial charge in [0.15, 0.2) is 5.43 Å². The molecule has 9 heteroatoms. The Morgan fingerprint density at radius 2 is 1.89 bits per heavy atom. The third-order valence-corrected chi connectivity index (χ3v) is 5.86. The van der Waals surface area contributed by atoms with Crippen LogP contribution in [0.15, 0.2) is 73.1 Å². The molecule has 2 aromatic carbocycles. The minimum absolute atomic E-state index is 0.0587. The highest BCUT2D eigenvalue weighted by Gasteiger charge is 2.21. The molecule has 0 unspecified atom stereocenters. The van der Waals surface area contributed by atoms with Gasteiger partial charge in [-0.1, -0.05) is 53.2 Å². The third kappa shape index (κ3) is 4.24. The monoisotopic (exact) mass is 489 g/mol. The molecule has 3 aromatic heterocycles. The molecule has 8 nitrogen and oxygen atoms in total. The number of nitrogens with zero attached hydrogens (tertiary/aromatic N) is 2. The van der Waals surface area contributed by atoms with E-state index in [-0.39, 0.29) is 22.1 Å². The molecule has 0 aliphatic heterocycles. The number of hydrogen-bond acceptors (Lipinski definition) is 7. The van der Waals surface area contributed by atoms with Crippen LogP contribution >= 0.6 is 11.6 Å². The number of aromatic nitrogens is 3. The molecule has 0 fully saturated rings. The van der Waals surface area contributed by atoms with Crippen molar-refractivity contribution in [1.29, 1.82) is 0 Å². The Morgan fingerprint density at radius 1 is 1.11 bits per heavy atom. The zero-order valence-corrected chi connectivity index (χ0v) is 19.9. The second kappa shape index (κ2) is 8.88. The molecular formula is C26H21ClN4O4. The highest BCUT2D eigenvalue weighted by Crippen LogP contribution is 2.34. The van der Waals surface area contributed by atoms with Gasteiger partial charge in [-0.05, 0) is 44.5 Å². The lowest BCUT2D eigenvalue weighted by Gasteiger charge is -2.20. The molecule has 0 aliphatic carbocycles. The second-order valence-corrected chi connectivity index (χ2v) is 8.55. The number of aryl methyl sites for hydroxylation is 1. The molecule has 0 aliphatic rings. The Bertz CT molecular complexity index is 1720. The van der Waals surface area contributed by atoms with E-state index in [1.54, 1.807) is 38.1 Å². The maximum Gasteiger partial charge on any atom is 0.439 e. The fraction of sp³-hybridized carbons (Fsp3) is 0.154. The smallest absolute Gasteiger partial charge is 0.439 e. The first kappa shape index (κ1) is 21.4. The summed E-state index contributed by atoms with van der Waals surface area (Å²) >= 11 is 6.08. The van der Waals surface area contributed by atoms with Crippen LogP contribution in [-0.4, -0.2) is 15.1 Å². The molecule has 0 bridgehead atoms. The van der Waals surface area contributed by atoms with E-state index >= 15 is 0 Å². The van der Waals surface area contributed by atoms with Gasteiger partial charge in [0.05, 0.1) is 18.5 Å². The average molecular weight is 490 g/mol. The molecule has 5 rings (SSSR count). The van der Waals surface area contributed by atoms with E-state index in [9.17, 15) is 11.0 Å². The SMILES string of the molecule is [2H][C@](C)(Nc1ccc(Cl)nc1-c1noc(=O)[nH]1)c1cc(C)cc2c(=O)c(C)c(-c3ccccc3)oc12. The van der Waals surface area contributed by atoms with Gasteiger partial charge >= 0.3 is 5.76 Å². The van der Waals surface area contributed by atoms with E-state index in [2.05, 4.69) is 25.0 Å². The van der Waals surface area contributed by atoms with E-state index in [4.69, 9.17) is 16.0 Å². The van der Waals surface area contributed by atoms with Crippen LogP contribution in [-0.2, 0) is 0 Å². The number of halogens is 1. The quantitative estimate of drug-likeness (QED) is 0.307. The minimum Gasteiger partial charge on any atom is -0.455 e. The molecule has 0 saturated heterocycles. The third-order valence-electron chi connectivity index (χ3n) is 5.65. The second-order valence-electron chi connectivity index (χ2n) is 8.16. The highest BCUT2D eigenvalue weighted by atomic mass is 35.5. The molecule has 0 spiro atoms. The Morgan fingerprint density at radius 3 is 2.60 bits per heavy atom. The van der Waals surface area contributed by atoms with Crippen LogP contribution in [0.1, 0.15) is 31.0 Å². The number of H-pyrrole nitrogens is 1. The fourth-order valence-electron chi connectivity index (χ4n) is 4.00. The van der Waals surface area contributed by atoms with Gasteiger partial charge in [-0.15, -0.1) is 0 Å². The van der Waals surface area contributed by atoms with Crippen LogP contribution in [0, 0.1) is 13.8 Å². The Hall–Kier alpha value is -4.17. The molecule has 0 saturated carbocycles. The number of fused-ring (bicyclic) bond motifs is 1. The van der Waals surface area contributed by atoms with Crippen LogP contribution in [0.5, 0.6) is 0 Å². The minimum atomic E-state index is -1.50. The van der Waals surface area contributed by atoms with Crippen molar-refractivity contribution in [2.75, 3.05) is 5.32 Å². The number of rotatable bonds is 5. The normalized spacial score (nSPS) is 13.4. The first-order valence-corrected chi connectivity index (χ1v) is 11.2. The first-order chi connectivity index (χ1) is 17.1. The molecule has 1 atom stereocenters. The Labute approximate surface area is 206 Å². The lowest BCUT2D eigenvalue weighted by atomic mass is 9.98. The molecule has 35 heavy (non-hydrogen) atoms. The number of hydrogen-bond donors (Lipinski definition) is 2. The number of pyridine rings is 1. The van der Waals surface area contributed by atoms with E-state index in [0.717, 1.165) is 11.1 Å². The zero-order chi connectivity index (χ0) is 25.6. The van der Waals surface area contributed by atoms with Gasteiger partial charge in [0.2, 0.25) is 5.82 Å². The van der Waals surface area contributed by atoms with Crippen molar-refractivity contribution in [3.8, 4) is 22.8 Å². The number of benzene rings is 2. The number of aromatic amines is 1. The maximum atomic E-state index is 13.4. The van der Waals surface area contributed by atoms with Gasteiger partial charge in [0.25, 0.3) is 0 Å². The van der Waals surface area contributed by atoms with Gasteiger partial charge < -0.3 is 9.73 Å². The summed E-state index contributed by atoms with van der Waals surface area (Å²) in [6, 6.07) is 14.6. The van der Waals surface area contributed by atoms with Crippen LogP contribution < -0.4 is 16.5 Å². The van der Waals surface area contributed by atoms with Crippen molar-refractivity contribution >= 4 is 28.3 Å². The van der Waals surface area contributed by atoms with Gasteiger partial charge in [0.1, 0.15) is 22.2 Å². The molecule has 3 heterocycles. The van der Waals surface area contributed by atoms with Crippen LogP contribution in [0.2, 0.25) is 5.15 Å². The lowest BCUT2D eigenvalue weighted by molar-refractivity contribution is 0.388. The predicted octanol–water partition coefficient (Wildman–Crippen LogP) is 5.64. The van der Waals surface area contributed by atoms with Gasteiger partial charge in [0, 0.05) is 16.7 Å². The van der Waals surface area contributed by atoms with Gasteiger partial charge in [-0.3, -0.25) is 14.3 Å². The van der Waals surface area contributed by atoms with Crippen molar-refractivity contribution in [3.05, 3.63) is 97.2 Å². The molecule has 0 radical (unpaired) electrons. The Balaban J connectivity index is 1.70. The summed E-state index contributed by atoms with van der Waals surface area (Å²) in [4.78, 5) is 31.6. The lowest BCUT2D eigenvalue weighted by Crippen LogP contribution is -2.13. The molecule has 176 valence electrons. The molecule has 0 amide bonds. The van der Waals surface area contributed by atoms with Crippen molar-refractivity contribution in [1.82, 2.24) is 15.1 Å². The average Bonchev–Trinajstić information content (AvgIpc) is 3.29. The highest BCUT2D eigenvalue weighted by molar-refractivity contribution is 6.29. The van der Waals surface area contributed by atoms with E-state index in [1.807, 2.05) is 37.3 Å². The van der Waals surface area contributed by atoms with Crippen molar-refractivity contribution in [2.45, 2.75) is 26.8 Å². The first-order valence-electron chi connectivity index (χ1n) is 11.3. The summed E-state index contributed by atoms with van der Waals surface area (Å²) < 4.78 is 20.2. The van der Waals surface area contributed by atoms with Crippen molar-refractivity contribution in [3.63, 3.8) is 0 Å². The summed E-state index contributed by atoms with van der Waals surface area (Å²) in [5, 5.41) is 7.38. The Kier molecular flexibility index (Phi) is 5.42. The van der Waals surface area contributed by atoms with E-state index in [1.165, 1.54) is 0 Å². The molecule has 5 aromatic rings. The van der Waals surface area contributed by atoms with Crippen LogP contribution in [0.25, 0.3) is 33.8 Å². The summed E-state index contributed by atoms with van der Waals surface area (Å²) in [6.45, 7) is 5.22. The number of nitrogens with one attached hydrogen (secondary N) is 2. The van der Waals surface area contributed by atoms with Crippen molar-refractivity contribution < 1.29 is 10.3 Å². The standard InChI is InChI=1S/C26H21ClN4O4/c1-13-11-17(15(3)28-19-9-10-20(27)29-21(19)25-30-26(33)35-31-25)24-18(12-13)22(32)14(2)23(34-24)16-7-5-4-6-8-16/h4-12,15,28H,1-3H3,(H,30,31,33)/t15-/m1/s1/i15D. The fourth-order valence-corrected chi connectivity index (χ4v) is 4.14.